The second-order valence-electron chi connectivity index (χ2n) is 7.64. The summed E-state index contributed by atoms with van der Waals surface area (Å²) >= 11 is 1.21. The Kier molecular flexibility index (Phi) is 9.06. The van der Waals surface area contributed by atoms with Crippen molar-refractivity contribution in [3.05, 3.63) is 64.4 Å². The number of fused-ring (bicyclic) bond motifs is 1. The van der Waals surface area contributed by atoms with Crippen LogP contribution in [0.4, 0.5) is 0 Å². The molecule has 1 N–H and O–H groups in total. The summed E-state index contributed by atoms with van der Waals surface area (Å²) in [5, 5.41) is 3.78. The molecule has 1 aromatic heterocycles. The Bertz CT molecular complexity index is 1160. The van der Waals surface area contributed by atoms with Crippen LogP contribution in [-0.4, -0.2) is 40.8 Å². The van der Waals surface area contributed by atoms with E-state index in [2.05, 4.69) is 22.0 Å². The van der Waals surface area contributed by atoms with Crippen LogP contribution in [0.25, 0.3) is 16.6 Å². The van der Waals surface area contributed by atoms with E-state index in [1.165, 1.54) is 24.4 Å². The van der Waals surface area contributed by atoms with E-state index in [1.807, 2.05) is 36.4 Å². The molecule has 2 aromatic carbocycles. The lowest BCUT2D eigenvalue weighted by Crippen LogP contribution is -2.27. The zero-order chi connectivity index (χ0) is 23.6. The van der Waals surface area contributed by atoms with E-state index in [9.17, 15) is 14.4 Å². The predicted molar refractivity (Wildman–Crippen MR) is 131 cm³/mol. The number of nitrogens with zero attached hydrogens (tertiary/aromatic N) is 2. The summed E-state index contributed by atoms with van der Waals surface area (Å²) in [5.74, 6) is -0.380. The van der Waals surface area contributed by atoms with Crippen molar-refractivity contribution in [1.82, 2.24) is 14.9 Å². The molecule has 8 heteroatoms. The lowest BCUT2D eigenvalue weighted by Gasteiger charge is -2.14. The molecule has 0 saturated carbocycles. The number of benzene rings is 2. The monoisotopic (exact) mass is 467 g/mol. The molecular weight excluding hydrogens is 438 g/mol. The van der Waals surface area contributed by atoms with E-state index in [0.29, 0.717) is 29.0 Å². The average molecular weight is 468 g/mol. The van der Waals surface area contributed by atoms with Crippen LogP contribution in [0.1, 0.15) is 38.2 Å². The summed E-state index contributed by atoms with van der Waals surface area (Å²) in [7, 11) is 1.34. The van der Waals surface area contributed by atoms with Gasteiger partial charge >= 0.3 is 5.97 Å². The molecule has 0 unspecified atom stereocenters. The molecular formula is C25H29N3O4S. The number of para-hydroxylation sites is 1. The van der Waals surface area contributed by atoms with Crippen LogP contribution in [0.3, 0.4) is 0 Å². The van der Waals surface area contributed by atoms with E-state index >= 15 is 0 Å². The maximum Gasteiger partial charge on any atom is 0.305 e. The van der Waals surface area contributed by atoms with E-state index in [-0.39, 0.29) is 29.6 Å². The van der Waals surface area contributed by atoms with Gasteiger partial charge in [0.25, 0.3) is 5.56 Å². The van der Waals surface area contributed by atoms with E-state index < -0.39 is 0 Å². The number of hydrogen-bond acceptors (Lipinski definition) is 6. The van der Waals surface area contributed by atoms with Crippen molar-refractivity contribution in [2.45, 2.75) is 44.2 Å². The fourth-order valence-electron chi connectivity index (χ4n) is 3.37. The number of rotatable bonds is 11. The molecule has 0 aliphatic rings. The number of hydrogen-bond donors (Lipinski definition) is 1. The van der Waals surface area contributed by atoms with Crippen molar-refractivity contribution < 1.29 is 14.3 Å². The Labute approximate surface area is 197 Å². The molecule has 174 valence electrons. The number of aryl methyl sites for hydroxylation is 1. The van der Waals surface area contributed by atoms with Gasteiger partial charge in [-0.25, -0.2) is 4.98 Å². The number of aromatic nitrogens is 2. The van der Waals surface area contributed by atoms with Gasteiger partial charge in [-0.1, -0.05) is 49.4 Å². The third-order valence-electron chi connectivity index (χ3n) is 5.20. The third kappa shape index (κ3) is 6.68. The molecule has 0 aliphatic carbocycles. The highest BCUT2D eigenvalue weighted by atomic mass is 32.2. The fraction of sp³-hybridized carbons (Fsp3) is 0.360. The Morgan fingerprint density at radius 2 is 1.85 bits per heavy atom. The van der Waals surface area contributed by atoms with Crippen LogP contribution in [0.15, 0.2) is 58.5 Å². The van der Waals surface area contributed by atoms with Gasteiger partial charge in [0.1, 0.15) is 0 Å². The minimum Gasteiger partial charge on any atom is -0.469 e. The Morgan fingerprint density at radius 1 is 1.09 bits per heavy atom. The molecule has 3 aromatic rings. The highest BCUT2D eigenvalue weighted by Gasteiger charge is 2.15. The molecule has 0 saturated heterocycles. The minimum atomic E-state index is -0.302. The standard InChI is InChI=1S/C25H29N3O4S/c1-3-4-8-18-12-14-19(15-13-18)28-24(31)20-9-5-6-10-21(20)27-25(28)33-17-22(29)26-16-7-11-23(30)32-2/h5-6,9-10,12-15H,3-4,7-8,11,16-17H2,1-2H3,(H,26,29). The Morgan fingerprint density at radius 3 is 2.58 bits per heavy atom. The number of methoxy groups -OCH3 is 1. The predicted octanol–water partition coefficient (Wildman–Crippen LogP) is 3.89. The molecule has 0 atom stereocenters. The first-order valence-corrected chi connectivity index (χ1v) is 12.1. The third-order valence-corrected chi connectivity index (χ3v) is 6.14. The van der Waals surface area contributed by atoms with Crippen molar-refractivity contribution in [2.24, 2.45) is 0 Å². The van der Waals surface area contributed by atoms with Crippen LogP contribution >= 0.6 is 11.8 Å². The first-order chi connectivity index (χ1) is 16.0. The summed E-state index contributed by atoms with van der Waals surface area (Å²) in [5.41, 5.74) is 2.38. The van der Waals surface area contributed by atoms with Crippen molar-refractivity contribution >= 4 is 34.5 Å². The number of carbonyl (C=O) groups excluding carboxylic acids is 2. The first-order valence-electron chi connectivity index (χ1n) is 11.1. The quantitative estimate of drug-likeness (QED) is 0.199. The number of esters is 1. The topological polar surface area (TPSA) is 90.3 Å². The lowest BCUT2D eigenvalue weighted by molar-refractivity contribution is -0.140. The van der Waals surface area contributed by atoms with Crippen molar-refractivity contribution in [3.8, 4) is 5.69 Å². The second-order valence-corrected chi connectivity index (χ2v) is 8.58. The largest absolute Gasteiger partial charge is 0.469 e. The van der Waals surface area contributed by atoms with E-state index in [1.54, 1.807) is 16.7 Å². The normalized spacial score (nSPS) is 10.8. The maximum atomic E-state index is 13.3. The molecule has 1 amide bonds. The average Bonchev–Trinajstić information content (AvgIpc) is 2.84. The highest BCUT2D eigenvalue weighted by molar-refractivity contribution is 7.99. The molecule has 0 radical (unpaired) electrons. The second kappa shape index (κ2) is 12.2. The van der Waals surface area contributed by atoms with E-state index in [4.69, 9.17) is 0 Å². The zero-order valence-electron chi connectivity index (χ0n) is 19.0. The number of ether oxygens (including phenoxy) is 1. The molecule has 3 rings (SSSR count). The van der Waals surface area contributed by atoms with Crippen molar-refractivity contribution in [2.75, 3.05) is 19.4 Å². The number of nitrogens with one attached hydrogen (secondary N) is 1. The van der Waals surface area contributed by atoms with Crippen LogP contribution < -0.4 is 10.9 Å². The number of unbranched alkanes of at least 4 members (excludes halogenated alkanes) is 1. The van der Waals surface area contributed by atoms with Gasteiger partial charge in [0.2, 0.25) is 5.91 Å². The molecule has 1 heterocycles. The van der Waals surface area contributed by atoms with Crippen molar-refractivity contribution in [3.63, 3.8) is 0 Å². The Hall–Kier alpha value is -3.13. The van der Waals surface area contributed by atoms with Gasteiger partial charge in [0, 0.05) is 13.0 Å². The summed E-state index contributed by atoms with van der Waals surface area (Å²) in [6.07, 6.45) is 4.00. The van der Waals surface area contributed by atoms with Crippen LogP contribution in [0.5, 0.6) is 0 Å². The molecule has 7 nitrogen and oxygen atoms in total. The van der Waals surface area contributed by atoms with Crippen LogP contribution in [-0.2, 0) is 20.7 Å². The van der Waals surface area contributed by atoms with Gasteiger partial charge in [-0.15, -0.1) is 0 Å². The molecule has 0 fully saturated rings. The summed E-state index contributed by atoms with van der Waals surface area (Å²) in [6, 6.07) is 15.1. The van der Waals surface area contributed by atoms with E-state index in [0.717, 1.165) is 24.9 Å². The van der Waals surface area contributed by atoms with Gasteiger partial charge in [-0.05, 0) is 49.1 Å². The van der Waals surface area contributed by atoms with Gasteiger partial charge in [-0.2, -0.15) is 0 Å². The highest BCUT2D eigenvalue weighted by Crippen LogP contribution is 2.22. The summed E-state index contributed by atoms with van der Waals surface area (Å²) in [6.45, 7) is 2.54. The first kappa shape index (κ1) is 24.5. The maximum absolute atomic E-state index is 13.3. The molecule has 33 heavy (non-hydrogen) atoms. The SMILES string of the molecule is CCCCc1ccc(-n2c(SCC(=O)NCCCC(=O)OC)nc3ccccc3c2=O)cc1. The smallest absolute Gasteiger partial charge is 0.305 e. The lowest BCUT2D eigenvalue weighted by atomic mass is 10.1. The molecule has 0 bridgehead atoms. The van der Waals surface area contributed by atoms with Crippen LogP contribution in [0.2, 0.25) is 0 Å². The Balaban J connectivity index is 1.80. The number of amides is 1. The summed E-state index contributed by atoms with van der Waals surface area (Å²) < 4.78 is 6.16. The minimum absolute atomic E-state index is 0.109. The molecule has 0 aliphatic heterocycles. The number of thioether (sulfide) groups is 1. The zero-order valence-corrected chi connectivity index (χ0v) is 19.8. The summed E-state index contributed by atoms with van der Waals surface area (Å²) in [4.78, 5) is 41.5. The number of carbonyl (C=O) groups is 2. The van der Waals surface area contributed by atoms with Gasteiger partial charge < -0.3 is 10.1 Å². The van der Waals surface area contributed by atoms with Gasteiger partial charge in [0.15, 0.2) is 5.16 Å². The fourth-order valence-corrected chi connectivity index (χ4v) is 4.22. The van der Waals surface area contributed by atoms with Crippen LogP contribution in [0, 0.1) is 0 Å². The molecule has 0 spiro atoms. The van der Waals surface area contributed by atoms with Gasteiger partial charge in [0.05, 0.1) is 29.5 Å². The van der Waals surface area contributed by atoms with Crippen molar-refractivity contribution in [1.29, 1.82) is 0 Å². The van der Waals surface area contributed by atoms with Gasteiger partial charge in [-0.3, -0.25) is 19.0 Å².